The molecule has 0 spiro atoms. The number of rotatable bonds is 4. The molecule has 0 unspecified atom stereocenters. The molecule has 116 valence electrons. The van der Waals surface area contributed by atoms with Crippen LogP contribution in [0.3, 0.4) is 0 Å². The molecule has 0 aliphatic rings. The number of nitrogens with zero attached hydrogens (tertiary/aromatic N) is 2. The van der Waals surface area contributed by atoms with Gasteiger partial charge in [0.25, 0.3) is 0 Å². The molecule has 2 aromatic carbocycles. The van der Waals surface area contributed by atoms with Gasteiger partial charge in [-0.15, -0.1) is 0 Å². The lowest BCUT2D eigenvalue weighted by Gasteiger charge is -2.01. The zero-order valence-corrected chi connectivity index (χ0v) is 12.0. The number of nitro benzene ring substituents is 1. The monoisotopic (exact) mass is 313 g/mol. The van der Waals surface area contributed by atoms with Crippen LogP contribution in [0.4, 0.5) is 11.4 Å². The van der Waals surface area contributed by atoms with Gasteiger partial charge in [0.2, 0.25) is 0 Å². The van der Waals surface area contributed by atoms with Gasteiger partial charge in [-0.3, -0.25) is 20.2 Å². The minimum absolute atomic E-state index is 0.0239. The number of nitrogens with one attached hydrogen (secondary N) is 1. The molecule has 0 amide bonds. The fourth-order valence-electron chi connectivity index (χ4n) is 2.51. The lowest BCUT2D eigenvalue weighted by atomic mass is 10.1. The van der Waals surface area contributed by atoms with E-state index >= 15 is 0 Å². The molecule has 1 heterocycles. The van der Waals surface area contributed by atoms with Gasteiger partial charge in [-0.1, -0.05) is 30.3 Å². The Morgan fingerprint density at radius 1 is 1.04 bits per heavy atom. The molecule has 0 saturated heterocycles. The highest BCUT2D eigenvalue weighted by Crippen LogP contribution is 2.41. The van der Waals surface area contributed by atoms with E-state index in [1.54, 1.807) is 30.3 Å². The van der Waals surface area contributed by atoms with Crippen LogP contribution in [-0.4, -0.2) is 21.9 Å². The summed E-state index contributed by atoms with van der Waals surface area (Å²) in [5.74, 6) is -0.0239. The van der Waals surface area contributed by atoms with Crippen molar-refractivity contribution in [2.24, 2.45) is 0 Å². The maximum absolute atomic E-state index is 11.5. The van der Waals surface area contributed by atoms with Gasteiger partial charge < -0.3 is 9.72 Å². The Labute approximate surface area is 129 Å². The van der Waals surface area contributed by atoms with Crippen molar-refractivity contribution in [1.82, 2.24) is 4.98 Å². The Kier molecular flexibility index (Phi) is 3.41. The Hall–Kier alpha value is -3.42. The summed E-state index contributed by atoms with van der Waals surface area (Å²) >= 11 is 0. The van der Waals surface area contributed by atoms with Gasteiger partial charge in [-0.05, 0) is 0 Å². The maximum Gasteiger partial charge on any atom is 0.313 e. The van der Waals surface area contributed by atoms with E-state index in [1.807, 2.05) is 0 Å². The van der Waals surface area contributed by atoms with E-state index < -0.39 is 9.85 Å². The molecule has 23 heavy (non-hydrogen) atoms. The molecule has 0 fully saturated rings. The van der Waals surface area contributed by atoms with Crippen LogP contribution >= 0.6 is 0 Å². The first-order valence-corrected chi connectivity index (χ1v) is 6.61. The number of methoxy groups -OCH3 is 1. The molecule has 3 rings (SSSR count). The number of hydrogen-bond donors (Lipinski definition) is 1. The van der Waals surface area contributed by atoms with Gasteiger partial charge in [-0.25, -0.2) is 0 Å². The van der Waals surface area contributed by atoms with Gasteiger partial charge in [-0.2, -0.15) is 0 Å². The summed E-state index contributed by atoms with van der Waals surface area (Å²) in [7, 11) is 1.28. The summed E-state index contributed by atoms with van der Waals surface area (Å²) in [6, 6.07) is 11.3. The molecule has 0 atom stereocenters. The second-order valence-corrected chi connectivity index (χ2v) is 4.80. The molecule has 8 heteroatoms. The van der Waals surface area contributed by atoms with Crippen LogP contribution in [0.25, 0.3) is 22.2 Å². The number of H-pyrrole nitrogens is 1. The van der Waals surface area contributed by atoms with Crippen molar-refractivity contribution in [2.75, 3.05) is 7.11 Å². The van der Waals surface area contributed by atoms with E-state index in [1.165, 1.54) is 19.2 Å². The second kappa shape index (κ2) is 5.41. The number of nitro groups is 2. The van der Waals surface area contributed by atoms with E-state index in [4.69, 9.17) is 4.74 Å². The average molecular weight is 313 g/mol. The van der Waals surface area contributed by atoms with Crippen molar-refractivity contribution in [3.8, 4) is 17.0 Å². The topological polar surface area (TPSA) is 111 Å². The lowest BCUT2D eigenvalue weighted by Crippen LogP contribution is -1.94. The highest BCUT2D eigenvalue weighted by Gasteiger charge is 2.27. The molecule has 3 aromatic rings. The maximum atomic E-state index is 11.5. The van der Waals surface area contributed by atoms with Crippen molar-refractivity contribution >= 4 is 22.3 Å². The minimum atomic E-state index is -0.590. The number of benzene rings is 2. The van der Waals surface area contributed by atoms with E-state index in [9.17, 15) is 20.2 Å². The zero-order valence-electron chi connectivity index (χ0n) is 12.0. The van der Waals surface area contributed by atoms with Gasteiger partial charge in [0.15, 0.2) is 5.75 Å². The van der Waals surface area contributed by atoms with Crippen molar-refractivity contribution in [2.45, 2.75) is 0 Å². The first-order valence-electron chi connectivity index (χ1n) is 6.61. The summed E-state index contributed by atoms with van der Waals surface area (Å²) < 4.78 is 4.99. The van der Waals surface area contributed by atoms with Crippen LogP contribution in [0.15, 0.2) is 42.5 Å². The number of aromatic amines is 1. The Bertz CT molecular complexity index is 918. The molecule has 1 aromatic heterocycles. The number of hydrogen-bond acceptors (Lipinski definition) is 5. The van der Waals surface area contributed by atoms with Crippen LogP contribution in [0, 0.1) is 20.2 Å². The van der Waals surface area contributed by atoms with Gasteiger partial charge >= 0.3 is 11.4 Å². The fraction of sp³-hybridized carbons (Fsp3) is 0.0667. The molecule has 1 N–H and O–H groups in total. The van der Waals surface area contributed by atoms with E-state index in [0.717, 1.165) is 0 Å². The predicted molar refractivity (Wildman–Crippen MR) is 83.6 cm³/mol. The second-order valence-electron chi connectivity index (χ2n) is 4.80. The van der Waals surface area contributed by atoms with E-state index in [-0.39, 0.29) is 22.5 Å². The van der Waals surface area contributed by atoms with Crippen LogP contribution in [0.5, 0.6) is 5.75 Å². The van der Waals surface area contributed by atoms with Crippen molar-refractivity contribution in [3.63, 3.8) is 0 Å². The fourth-order valence-corrected chi connectivity index (χ4v) is 2.51. The summed E-state index contributed by atoms with van der Waals surface area (Å²) in [5, 5.41) is 22.9. The first kappa shape index (κ1) is 14.5. The number of ether oxygens (including phenoxy) is 1. The first-order chi connectivity index (χ1) is 11.0. The summed E-state index contributed by atoms with van der Waals surface area (Å²) in [5.41, 5.74) is 0.836. The van der Waals surface area contributed by atoms with Crippen LogP contribution < -0.4 is 4.74 Å². The third-order valence-corrected chi connectivity index (χ3v) is 3.51. The summed E-state index contributed by atoms with van der Waals surface area (Å²) in [6.45, 7) is 0. The SMILES string of the molecule is COc1cc2c([N+](=O)[O-])c(-c3ccccc3)[nH]c2cc1[N+](=O)[O-]. The largest absolute Gasteiger partial charge is 0.490 e. The molecule has 0 saturated carbocycles. The molecular weight excluding hydrogens is 302 g/mol. The Morgan fingerprint density at radius 3 is 2.30 bits per heavy atom. The van der Waals surface area contributed by atoms with Gasteiger partial charge in [0, 0.05) is 17.7 Å². The highest BCUT2D eigenvalue weighted by molar-refractivity contribution is 5.99. The predicted octanol–water partition coefficient (Wildman–Crippen LogP) is 3.66. The normalized spacial score (nSPS) is 10.7. The summed E-state index contributed by atoms with van der Waals surface area (Å²) in [6.07, 6.45) is 0. The lowest BCUT2D eigenvalue weighted by molar-refractivity contribution is -0.385. The average Bonchev–Trinajstić information content (AvgIpc) is 2.92. The molecule has 8 nitrogen and oxygen atoms in total. The third kappa shape index (κ3) is 2.35. The van der Waals surface area contributed by atoms with Crippen LogP contribution in [0.1, 0.15) is 0 Å². The minimum Gasteiger partial charge on any atom is -0.490 e. The van der Waals surface area contributed by atoms with E-state index in [0.29, 0.717) is 16.8 Å². The van der Waals surface area contributed by atoms with E-state index in [2.05, 4.69) is 4.98 Å². The van der Waals surface area contributed by atoms with Crippen molar-refractivity contribution in [3.05, 3.63) is 62.7 Å². The van der Waals surface area contributed by atoms with Crippen LogP contribution in [-0.2, 0) is 0 Å². The quantitative estimate of drug-likeness (QED) is 0.583. The number of fused-ring (bicyclic) bond motifs is 1. The summed E-state index contributed by atoms with van der Waals surface area (Å²) in [4.78, 5) is 24.4. The number of aromatic nitrogens is 1. The molecule has 0 radical (unpaired) electrons. The Balaban J connectivity index is 2.37. The molecule has 0 aliphatic carbocycles. The molecular formula is C15H11N3O5. The van der Waals surface area contributed by atoms with Crippen LogP contribution in [0.2, 0.25) is 0 Å². The molecule has 0 bridgehead atoms. The van der Waals surface area contributed by atoms with Gasteiger partial charge in [0.1, 0.15) is 5.69 Å². The van der Waals surface area contributed by atoms with Crippen molar-refractivity contribution in [1.29, 1.82) is 0 Å². The standard InChI is InChI=1S/C15H11N3O5/c1-23-13-7-10-11(8-12(13)17(19)20)16-14(15(10)18(21)22)9-5-3-2-4-6-9/h2-8,16H,1H3. The Morgan fingerprint density at radius 2 is 1.74 bits per heavy atom. The third-order valence-electron chi connectivity index (χ3n) is 3.51. The smallest absolute Gasteiger partial charge is 0.313 e. The highest BCUT2D eigenvalue weighted by atomic mass is 16.6. The van der Waals surface area contributed by atoms with Gasteiger partial charge in [0.05, 0.1) is 27.9 Å². The molecule has 0 aliphatic heterocycles. The zero-order chi connectivity index (χ0) is 16.6. The van der Waals surface area contributed by atoms with Crippen molar-refractivity contribution < 1.29 is 14.6 Å².